The molecular weight excluding hydrogens is 487 g/mol. The molecule has 0 aliphatic carbocycles. The molecule has 2 atom stereocenters. The summed E-state index contributed by atoms with van der Waals surface area (Å²) in [6, 6.07) is 11.4. The average Bonchev–Trinajstić information content (AvgIpc) is 3.64. The van der Waals surface area contributed by atoms with Crippen molar-refractivity contribution in [1.29, 1.82) is 0 Å². The molecule has 0 radical (unpaired) electrons. The normalized spacial score (nSPS) is 19.4. The largest absolute Gasteiger partial charge is 0.491 e. The number of fused-ring (bicyclic) bond motifs is 1. The zero-order valence-corrected chi connectivity index (χ0v) is 20.9. The van der Waals surface area contributed by atoms with Crippen molar-refractivity contribution in [3.8, 4) is 5.75 Å². The minimum atomic E-state index is -0.368. The van der Waals surface area contributed by atoms with E-state index in [1.54, 1.807) is 39.3 Å². The first-order valence-corrected chi connectivity index (χ1v) is 13.5. The van der Waals surface area contributed by atoms with E-state index in [0.717, 1.165) is 24.8 Å². The summed E-state index contributed by atoms with van der Waals surface area (Å²) in [5.74, 6) is -0.220. The molecule has 0 N–H and O–H groups in total. The minimum Gasteiger partial charge on any atom is -0.491 e. The number of ether oxygens (including phenoxy) is 2. The van der Waals surface area contributed by atoms with Gasteiger partial charge in [-0.15, -0.1) is 22.7 Å². The average molecular weight is 515 g/mol. The van der Waals surface area contributed by atoms with E-state index < -0.39 is 0 Å². The van der Waals surface area contributed by atoms with E-state index in [9.17, 15) is 14.0 Å². The summed E-state index contributed by atoms with van der Waals surface area (Å²) >= 11 is 3.05. The lowest BCUT2D eigenvalue weighted by Gasteiger charge is -2.37. The van der Waals surface area contributed by atoms with Crippen LogP contribution in [0, 0.1) is 5.82 Å². The highest BCUT2D eigenvalue weighted by molar-refractivity contribution is 7.12. The molecule has 1 saturated heterocycles. The Morgan fingerprint density at radius 1 is 1.17 bits per heavy atom. The molecule has 0 bridgehead atoms. The van der Waals surface area contributed by atoms with E-state index in [0.29, 0.717) is 30.3 Å². The molecule has 9 heteroatoms. The second-order valence-electron chi connectivity index (χ2n) is 8.72. The van der Waals surface area contributed by atoms with Crippen molar-refractivity contribution in [2.24, 2.45) is 0 Å². The van der Waals surface area contributed by atoms with Gasteiger partial charge in [0, 0.05) is 30.6 Å². The van der Waals surface area contributed by atoms with Gasteiger partial charge in [-0.05, 0) is 59.9 Å². The Balaban J connectivity index is 1.34. The molecular formula is C26H27FN2O4S2. The molecule has 1 aromatic carbocycles. The third kappa shape index (κ3) is 5.58. The maximum atomic E-state index is 13.6. The number of rotatable bonds is 8. The second kappa shape index (κ2) is 10.9. The summed E-state index contributed by atoms with van der Waals surface area (Å²) in [6.45, 7) is 1.82. The van der Waals surface area contributed by atoms with Gasteiger partial charge in [-0.25, -0.2) is 4.39 Å². The smallest absolute Gasteiger partial charge is 0.264 e. The number of thiophene rings is 2. The topological polar surface area (TPSA) is 59.1 Å². The summed E-state index contributed by atoms with van der Waals surface area (Å²) < 4.78 is 25.3. The summed E-state index contributed by atoms with van der Waals surface area (Å²) in [5.41, 5.74) is 1.06. The van der Waals surface area contributed by atoms with Crippen LogP contribution in [-0.4, -0.2) is 60.6 Å². The molecule has 2 aliphatic rings. The Bertz CT molecular complexity index is 1160. The van der Waals surface area contributed by atoms with E-state index in [2.05, 4.69) is 0 Å². The molecule has 2 aromatic heterocycles. The van der Waals surface area contributed by atoms with E-state index in [4.69, 9.17) is 9.47 Å². The number of nitrogens with zero attached hydrogens (tertiary/aromatic N) is 2. The zero-order valence-electron chi connectivity index (χ0n) is 19.2. The van der Waals surface area contributed by atoms with Gasteiger partial charge in [0.05, 0.1) is 17.0 Å². The van der Waals surface area contributed by atoms with Crippen molar-refractivity contribution < 1.29 is 23.5 Å². The first-order valence-electron chi connectivity index (χ1n) is 11.8. The van der Waals surface area contributed by atoms with Gasteiger partial charge in [0.15, 0.2) is 0 Å². The summed E-state index contributed by atoms with van der Waals surface area (Å²) in [4.78, 5) is 32.2. The molecule has 35 heavy (non-hydrogen) atoms. The van der Waals surface area contributed by atoms with Crippen LogP contribution in [-0.2, 0) is 16.0 Å². The number of carbonyl (C=O) groups excluding carboxylic acids is 2. The van der Waals surface area contributed by atoms with Crippen LogP contribution in [0.3, 0.4) is 0 Å². The van der Waals surface area contributed by atoms with Crippen LogP contribution in [0.15, 0.2) is 53.2 Å². The fraction of sp³-hybridized carbons (Fsp3) is 0.385. The SMILES string of the molecule is O=C(c1cccs1)N(CC(=O)N1CCc2sccc2[C@H]1COc1cccc(F)c1)C[C@H]1CCCO1. The highest BCUT2D eigenvalue weighted by atomic mass is 32.1. The molecule has 0 unspecified atom stereocenters. The zero-order chi connectivity index (χ0) is 24.2. The third-order valence-electron chi connectivity index (χ3n) is 6.41. The van der Waals surface area contributed by atoms with E-state index >= 15 is 0 Å². The lowest BCUT2D eigenvalue weighted by Crippen LogP contribution is -2.49. The van der Waals surface area contributed by atoms with Crippen LogP contribution < -0.4 is 4.74 Å². The van der Waals surface area contributed by atoms with Crippen LogP contribution in [0.1, 0.15) is 39.0 Å². The van der Waals surface area contributed by atoms with Gasteiger partial charge in [-0.3, -0.25) is 9.59 Å². The Morgan fingerprint density at radius 3 is 2.86 bits per heavy atom. The monoisotopic (exact) mass is 514 g/mol. The maximum absolute atomic E-state index is 13.6. The molecule has 0 spiro atoms. The third-order valence-corrected chi connectivity index (χ3v) is 8.27. The van der Waals surface area contributed by atoms with Gasteiger partial charge in [-0.1, -0.05) is 12.1 Å². The Kier molecular flexibility index (Phi) is 7.46. The van der Waals surface area contributed by atoms with Gasteiger partial charge in [0.25, 0.3) is 5.91 Å². The highest BCUT2D eigenvalue weighted by Crippen LogP contribution is 2.34. The van der Waals surface area contributed by atoms with Crippen molar-refractivity contribution in [3.63, 3.8) is 0 Å². The molecule has 3 aromatic rings. The molecule has 4 heterocycles. The van der Waals surface area contributed by atoms with Crippen LogP contribution in [0.4, 0.5) is 4.39 Å². The van der Waals surface area contributed by atoms with Gasteiger partial charge in [0.2, 0.25) is 5.91 Å². The second-order valence-corrected chi connectivity index (χ2v) is 10.7. The van der Waals surface area contributed by atoms with Crippen molar-refractivity contribution >= 4 is 34.5 Å². The van der Waals surface area contributed by atoms with E-state index in [-0.39, 0.29) is 42.9 Å². The molecule has 1 fully saturated rings. The van der Waals surface area contributed by atoms with E-state index in [1.165, 1.54) is 28.3 Å². The Morgan fingerprint density at radius 2 is 2.09 bits per heavy atom. The van der Waals surface area contributed by atoms with Gasteiger partial charge in [0.1, 0.15) is 24.7 Å². The minimum absolute atomic E-state index is 0.0213. The number of benzene rings is 1. The predicted molar refractivity (Wildman–Crippen MR) is 134 cm³/mol. The quantitative estimate of drug-likeness (QED) is 0.434. The predicted octanol–water partition coefficient (Wildman–Crippen LogP) is 4.77. The Hall–Kier alpha value is -2.75. The standard InChI is InChI=1S/C26H27FN2O4S2/c27-18-4-1-5-19(14-18)33-17-22-21-9-13-35-23(21)8-10-29(22)25(30)16-28(15-20-6-2-11-32-20)26(31)24-7-3-12-34-24/h1,3-5,7,9,12-14,20,22H,2,6,8,10-11,15-17H2/t20-,22-/m1/s1. The van der Waals surface area contributed by atoms with Crippen molar-refractivity contribution in [2.45, 2.75) is 31.4 Å². The van der Waals surface area contributed by atoms with Crippen molar-refractivity contribution in [3.05, 3.63) is 74.4 Å². The van der Waals surface area contributed by atoms with Gasteiger partial charge >= 0.3 is 0 Å². The molecule has 2 amide bonds. The van der Waals surface area contributed by atoms with E-state index in [1.807, 2.05) is 22.9 Å². The number of hydrogen-bond acceptors (Lipinski definition) is 6. The fourth-order valence-corrected chi connectivity index (χ4v) is 6.29. The lowest BCUT2D eigenvalue weighted by molar-refractivity contribution is -0.135. The first-order chi connectivity index (χ1) is 17.1. The van der Waals surface area contributed by atoms with Gasteiger partial charge in [-0.2, -0.15) is 0 Å². The van der Waals surface area contributed by atoms with Crippen molar-refractivity contribution in [1.82, 2.24) is 9.80 Å². The molecule has 184 valence electrons. The molecule has 2 aliphatic heterocycles. The van der Waals surface area contributed by atoms with Crippen LogP contribution in [0.5, 0.6) is 5.75 Å². The summed E-state index contributed by atoms with van der Waals surface area (Å²) in [6.07, 6.45) is 2.56. The highest BCUT2D eigenvalue weighted by Gasteiger charge is 2.34. The first kappa shape index (κ1) is 24.0. The number of carbonyl (C=O) groups is 2. The van der Waals surface area contributed by atoms with Crippen LogP contribution in [0.25, 0.3) is 0 Å². The number of amides is 2. The van der Waals surface area contributed by atoms with Crippen LogP contribution >= 0.6 is 22.7 Å². The fourth-order valence-electron chi connectivity index (χ4n) is 4.67. The lowest BCUT2D eigenvalue weighted by atomic mass is 10.0. The molecule has 0 saturated carbocycles. The number of hydrogen-bond donors (Lipinski definition) is 0. The summed E-state index contributed by atoms with van der Waals surface area (Å²) in [7, 11) is 0. The summed E-state index contributed by atoms with van der Waals surface area (Å²) in [5, 5.41) is 3.89. The van der Waals surface area contributed by atoms with Crippen molar-refractivity contribution in [2.75, 3.05) is 32.8 Å². The Labute approximate surface area is 211 Å². The number of halogens is 1. The molecule has 5 rings (SSSR count). The maximum Gasteiger partial charge on any atom is 0.264 e. The molecule has 6 nitrogen and oxygen atoms in total. The van der Waals surface area contributed by atoms with Crippen LogP contribution in [0.2, 0.25) is 0 Å². The van der Waals surface area contributed by atoms with Gasteiger partial charge < -0.3 is 19.3 Å².